The zero-order chi connectivity index (χ0) is 18.5. The maximum atomic E-state index is 12.0. The van der Waals surface area contributed by atoms with E-state index in [0.717, 1.165) is 29.7 Å². The molecule has 0 amide bonds. The number of rotatable bonds is 13. The van der Waals surface area contributed by atoms with Crippen LogP contribution in [0.4, 0.5) is 0 Å². The number of unbranched alkanes of at least 4 members (excludes halogenated alkanes) is 10. The van der Waals surface area contributed by atoms with Gasteiger partial charge in [-0.05, 0) is 38.3 Å². The first-order valence-electron chi connectivity index (χ1n) is 10.3. The highest BCUT2D eigenvalue weighted by molar-refractivity contribution is 5.73. The molecule has 25 heavy (non-hydrogen) atoms. The molecule has 0 radical (unpaired) electrons. The predicted octanol–water partition coefficient (Wildman–Crippen LogP) is 7.22. The zero-order valence-corrected chi connectivity index (χ0v) is 17.0. The van der Waals surface area contributed by atoms with Crippen LogP contribution in [0.2, 0.25) is 0 Å². The lowest BCUT2D eigenvalue weighted by Gasteiger charge is -2.11. The van der Waals surface area contributed by atoms with E-state index in [-0.39, 0.29) is 5.97 Å². The molecule has 1 rings (SSSR count). The summed E-state index contributed by atoms with van der Waals surface area (Å²) in [5.41, 5.74) is 3.30. The molecule has 2 heteroatoms. The van der Waals surface area contributed by atoms with Crippen LogP contribution in [-0.2, 0) is 4.79 Å². The summed E-state index contributed by atoms with van der Waals surface area (Å²) in [6.07, 6.45) is 14.8. The van der Waals surface area contributed by atoms with Crippen LogP contribution in [0.5, 0.6) is 5.75 Å². The van der Waals surface area contributed by atoms with Crippen LogP contribution in [0.3, 0.4) is 0 Å². The number of aryl methyl sites for hydroxylation is 3. The average molecular weight is 347 g/mol. The fraction of sp³-hybridized carbons (Fsp3) is 0.696. The third-order valence-corrected chi connectivity index (χ3v) is 4.81. The Hall–Kier alpha value is -1.31. The highest BCUT2D eigenvalue weighted by Gasteiger charge is 2.10. The second-order valence-corrected chi connectivity index (χ2v) is 7.49. The molecular weight excluding hydrogens is 308 g/mol. The van der Waals surface area contributed by atoms with Crippen LogP contribution in [0.25, 0.3) is 0 Å². The van der Waals surface area contributed by atoms with Gasteiger partial charge in [0.05, 0.1) is 0 Å². The molecule has 0 atom stereocenters. The van der Waals surface area contributed by atoms with Crippen LogP contribution >= 0.6 is 0 Å². The zero-order valence-electron chi connectivity index (χ0n) is 17.0. The lowest BCUT2D eigenvalue weighted by Crippen LogP contribution is -2.09. The number of hydrogen-bond donors (Lipinski definition) is 0. The van der Waals surface area contributed by atoms with Crippen molar-refractivity contribution in [3.05, 3.63) is 28.8 Å². The Balaban J connectivity index is 2.06. The Morgan fingerprint density at radius 1 is 0.760 bits per heavy atom. The Labute approximate surface area is 155 Å². The molecule has 0 heterocycles. The highest BCUT2D eigenvalue weighted by Crippen LogP contribution is 2.25. The number of carbonyl (C=O) groups is 1. The molecule has 0 N–H and O–H groups in total. The number of carbonyl (C=O) groups excluding carboxylic acids is 1. The van der Waals surface area contributed by atoms with Crippen molar-refractivity contribution >= 4 is 5.97 Å². The molecule has 1 aromatic rings. The van der Waals surface area contributed by atoms with Crippen molar-refractivity contribution in [1.82, 2.24) is 0 Å². The first kappa shape index (κ1) is 21.7. The van der Waals surface area contributed by atoms with E-state index in [4.69, 9.17) is 4.74 Å². The average Bonchev–Trinajstić information content (AvgIpc) is 2.56. The minimum absolute atomic E-state index is 0.0917. The molecule has 142 valence electrons. The second kappa shape index (κ2) is 13.0. The molecular formula is C23H38O2. The van der Waals surface area contributed by atoms with Gasteiger partial charge in [0.1, 0.15) is 5.75 Å². The summed E-state index contributed by atoms with van der Waals surface area (Å²) >= 11 is 0. The molecule has 0 bridgehead atoms. The van der Waals surface area contributed by atoms with Gasteiger partial charge in [-0.3, -0.25) is 4.79 Å². The molecule has 0 aliphatic carbocycles. The number of hydrogen-bond acceptors (Lipinski definition) is 2. The van der Waals surface area contributed by atoms with Crippen molar-refractivity contribution in [2.45, 2.75) is 105 Å². The van der Waals surface area contributed by atoms with Crippen molar-refractivity contribution in [1.29, 1.82) is 0 Å². The lowest BCUT2D eigenvalue weighted by atomic mass is 10.1. The van der Waals surface area contributed by atoms with Crippen molar-refractivity contribution in [2.75, 3.05) is 0 Å². The van der Waals surface area contributed by atoms with Crippen LogP contribution < -0.4 is 4.74 Å². The summed E-state index contributed by atoms with van der Waals surface area (Å²) in [5.74, 6) is 0.657. The third kappa shape index (κ3) is 9.67. The van der Waals surface area contributed by atoms with Crippen LogP contribution in [0.15, 0.2) is 12.1 Å². The van der Waals surface area contributed by atoms with Gasteiger partial charge in [0.2, 0.25) is 0 Å². The first-order valence-corrected chi connectivity index (χ1v) is 10.3. The van der Waals surface area contributed by atoms with Crippen molar-refractivity contribution in [3.8, 4) is 5.75 Å². The van der Waals surface area contributed by atoms with E-state index in [2.05, 4.69) is 26.0 Å². The molecule has 2 nitrogen and oxygen atoms in total. The maximum absolute atomic E-state index is 12.0. The highest BCUT2D eigenvalue weighted by atomic mass is 16.5. The smallest absolute Gasteiger partial charge is 0.311 e. The van der Waals surface area contributed by atoms with E-state index in [1.54, 1.807) is 0 Å². The van der Waals surface area contributed by atoms with Crippen LogP contribution in [0, 0.1) is 20.8 Å². The summed E-state index contributed by atoms with van der Waals surface area (Å²) < 4.78 is 5.58. The largest absolute Gasteiger partial charge is 0.426 e. The van der Waals surface area contributed by atoms with Crippen LogP contribution in [-0.4, -0.2) is 5.97 Å². The van der Waals surface area contributed by atoms with Gasteiger partial charge in [-0.1, -0.05) is 88.8 Å². The van der Waals surface area contributed by atoms with Crippen molar-refractivity contribution in [2.24, 2.45) is 0 Å². The minimum atomic E-state index is -0.0917. The van der Waals surface area contributed by atoms with Gasteiger partial charge in [0.25, 0.3) is 0 Å². The van der Waals surface area contributed by atoms with E-state index >= 15 is 0 Å². The molecule has 0 aliphatic rings. The fourth-order valence-electron chi connectivity index (χ4n) is 3.43. The molecule has 1 aromatic carbocycles. The van der Waals surface area contributed by atoms with E-state index < -0.39 is 0 Å². The van der Waals surface area contributed by atoms with E-state index in [1.807, 2.05) is 13.8 Å². The lowest BCUT2D eigenvalue weighted by molar-refractivity contribution is -0.134. The summed E-state index contributed by atoms with van der Waals surface area (Å²) in [7, 11) is 0. The predicted molar refractivity (Wildman–Crippen MR) is 107 cm³/mol. The van der Waals surface area contributed by atoms with Crippen LogP contribution in [0.1, 0.15) is 101 Å². The maximum Gasteiger partial charge on any atom is 0.311 e. The number of ether oxygens (including phenoxy) is 1. The third-order valence-electron chi connectivity index (χ3n) is 4.81. The molecule has 0 spiro atoms. The Kier molecular flexibility index (Phi) is 11.3. The monoisotopic (exact) mass is 346 g/mol. The summed E-state index contributed by atoms with van der Waals surface area (Å²) in [4.78, 5) is 12.0. The van der Waals surface area contributed by atoms with Gasteiger partial charge in [0, 0.05) is 6.42 Å². The normalized spacial score (nSPS) is 10.9. The van der Waals surface area contributed by atoms with Crippen molar-refractivity contribution < 1.29 is 9.53 Å². The van der Waals surface area contributed by atoms with E-state index in [9.17, 15) is 4.79 Å². The topological polar surface area (TPSA) is 26.3 Å². The van der Waals surface area contributed by atoms with Crippen molar-refractivity contribution in [3.63, 3.8) is 0 Å². The minimum Gasteiger partial charge on any atom is -0.426 e. The molecule has 0 aliphatic heterocycles. The second-order valence-electron chi connectivity index (χ2n) is 7.49. The van der Waals surface area contributed by atoms with Gasteiger partial charge in [-0.25, -0.2) is 0 Å². The van der Waals surface area contributed by atoms with Gasteiger partial charge in [-0.15, -0.1) is 0 Å². The molecule has 0 fully saturated rings. The SMILES string of the molecule is CCCCCCCCCCCCCC(=O)Oc1c(C)cc(C)cc1C. The molecule has 0 aromatic heterocycles. The fourth-order valence-corrected chi connectivity index (χ4v) is 3.43. The molecule has 0 saturated heterocycles. The van der Waals surface area contributed by atoms with Gasteiger partial charge in [0.15, 0.2) is 0 Å². The van der Waals surface area contributed by atoms with E-state index in [1.165, 1.54) is 63.4 Å². The summed E-state index contributed by atoms with van der Waals surface area (Å²) in [5, 5.41) is 0. The van der Waals surface area contributed by atoms with Gasteiger partial charge >= 0.3 is 5.97 Å². The number of esters is 1. The summed E-state index contributed by atoms with van der Waals surface area (Å²) in [6, 6.07) is 4.13. The molecule has 0 unspecified atom stereocenters. The quantitative estimate of drug-likeness (QED) is 0.214. The van der Waals surface area contributed by atoms with Gasteiger partial charge < -0.3 is 4.74 Å². The summed E-state index contributed by atoms with van der Waals surface area (Å²) in [6.45, 7) is 8.34. The Morgan fingerprint density at radius 2 is 1.20 bits per heavy atom. The van der Waals surface area contributed by atoms with E-state index in [0.29, 0.717) is 6.42 Å². The Bertz CT molecular complexity index is 482. The Morgan fingerprint density at radius 3 is 1.68 bits per heavy atom. The standard InChI is InChI=1S/C23H38O2/c1-5-6-7-8-9-10-11-12-13-14-15-16-22(24)25-23-20(3)17-19(2)18-21(23)4/h17-18H,5-16H2,1-4H3. The number of benzene rings is 1. The first-order chi connectivity index (χ1) is 12.0. The molecule has 0 saturated carbocycles. The van der Waals surface area contributed by atoms with Gasteiger partial charge in [-0.2, -0.15) is 0 Å².